The molecule has 3 aromatic rings. The highest BCUT2D eigenvalue weighted by atomic mass is 19.1. The third kappa shape index (κ3) is 5.20. The predicted octanol–water partition coefficient (Wildman–Crippen LogP) is 5.43. The molecule has 3 heterocycles. The number of piperidine rings is 1. The molecule has 1 aromatic heterocycles. The number of carbonyl (C=O) groups excluding carboxylic acids is 1. The molecule has 2 aliphatic heterocycles. The zero-order valence-electron chi connectivity index (χ0n) is 19.6. The Morgan fingerprint density at radius 3 is 2.47 bits per heavy atom. The van der Waals surface area contributed by atoms with Crippen LogP contribution in [-0.4, -0.2) is 46.9 Å². The number of carbonyl (C=O) groups is 1. The van der Waals surface area contributed by atoms with E-state index in [9.17, 15) is 9.18 Å². The normalized spacial score (nSPS) is 18.9. The van der Waals surface area contributed by atoms with Crippen molar-refractivity contribution >= 4 is 5.91 Å². The maximum absolute atomic E-state index is 14.1. The van der Waals surface area contributed by atoms with Crippen LogP contribution in [0.25, 0.3) is 0 Å². The minimum atomic E-state index is -0.197. The highest BCUT2D eigenvalue weighted by molar-refractivity contribution is 5.95. The molecule has 4 nitrogen and oxygen atoms in total. The van der Waals surface area contributed by atoms with Crippen LogP contribution in [0.5, 0.6) is 0 Å². The fraction of sp³-hybridized carbons (Fsp3) is 0.379. The van der Waals surface area contributed by atoms with Crippen molar-refractivity contribution < 1.29 is 9.18 Å². The molecule has 0 N–H and O–H groups in total. The number of pyridine rings is 1. The van der Waals surface area contributed by atoms with Gasteiger partial charge in [-0.1, -0.05) is 42.5 Å². The highest BCUT2D eigenvalue weighted by Gasteiger charge is 2.28. The quantitative estimate of drug-likeness (QED) is 0.495. The van der Waals surface area contributed by atoms with Crippen LogP contribution in [0.1, 0.15) is 64.5 Å². The largest absolute Gasteiger partial charge is 0.338 e. The number of hydrogen-bond acceptors (Lipinski definition) is 3. The molecular weight excluding hydrogens is 425 g/mol. The second kappa shape index (κ2) is 10.5. The summed E-state index contributed by atoms with van der Waals surface area (Å²) >= 11 is 0. The van der Waals surface area contributed by atoms with E-state index in [0.717, 1.165) is 61.5 Å². The minimum Gasteiger partial charge on any atom is -0.338 e. The van der Waals surface area contributed by atoms with E-state index in [2.05, 4.69) is 11.0 Å². The van der Waals surface area contributed by atoms with Crippen molar-refractivity contribution in [2.75, 3.05) is 26.2 Å². The van der Waals surface area contributed by atoms with Crippen LogP contribution in [0.15, 0.2) is 66.7 Å². The standard InChI is InChI=1S/C29H32FN3O/c30-27-14-4-2-9-22(27)19-25-12-7-15-28(31-25)24-11-8-18-33(21-24)29(34)26-13-3-1-10-23(26)20-32-16-5-6-17-32/h1-4,7,9-10,12-15,24H,5-6,8,11,16-21H2/t24-/m0/s1. The van der Waals surface area contributed by atoms with Gasteiger partial charge in [-0.3, -0.25) is 14.7 Å². The van der Waals surface area contributed by atoms with Crippen LogP contribution in [0, 0.1) is 5.82 Å². The van der Waals surface area contributed by atoms with Crippen LogP contribution in [-0.2, 0) is 13.0 Å². The van der Waals surface area contributed by atoms with Crippen molar-refractivity contribution in [2.24, 2.45) is 0 Å². The second-order valence-electron chi connectivity index (χ2n) is 9.55. The summed E-state index contributed by atoms with van der Waals surface area (Å²) in [4.78, 5) is 22.9. The summed E-state index contributed by atoms with van der Waals surface area (Å²) in [5.41, 5.74) is 4.47. The lowest BCUT2D eigenvalue weighted by Crippen LogP contribution is -2.40. The van der Waals surface area contributed by atoms with Crippen LogP contribution < -0.4 is 0 Å². The summed E-state index contributed by atoms with van der Waals surface area (Å²) in [5, 5.41) is 0. The zero-order chi connectivity index (χ0) is 23.3. The van der Waals surface area contributed by atoms with Gasteiger partial charge < -0.3 is 4.90 Å². The monoisotopic (exact) mass is 457 g/mol. The molecule has 1 atom stereocenters. The van der Waals surface area contributed by atoms with E-state index in [1.54, 1.807) is 6.07 Å². The van der Waals surface area contributed by atoms with Gasteiger partial charge in [0.15, 0.2) is 0 Å². The van der Waals surface area contributed by atoms with E-state index < -0.39 is 0 Å². The van der Waals surface area contributed by atoms with Crippen LogP contribution in [0.3, 0.4) is 0 Å². The summed E-state index contributed by atoms with van der Waals surface area (Å²) in [6.07, 6.45) is 4.93. The Labute approximate surface area is 201 Å². The first-order chi connectivity index (χ1) is 16.7. The molecule has 2 saturated heterocycles. The topological polar surface area (TPSA) is 36.4 Å². The number of benzene rings is 2. The average molecular weight is 458 g/mol. The highest BCUT2D eigenvalue weighted by Crippen LogP contribution is 2.28. The number of halogens is 1. The predicted molar refractivity (Wildman–Crippen MR) is 132 cm³/mol. The van der Waals surface area contributed by atoms with Gasteiger partial charge in [0.1, 0.15) is 5.82 Å². The first-order valence-electron chi connectivity index (χ1n) is 12.5. The molecule has 5 heteroatoms. The molecule has 2 aromatic carbocycles. The zero-order valence-corrected chi connectivity index (χ0v) is 19.6. The maximum Gasteiger partial charge on any atom is 0.254 e. The molecular formula is C29H32FN3O. The fourth-order valence-electron chi connectivity index (χ4n) is 5.28. The van der Waals surface area contributed by atoms with Crippen LogP contribution >= 0.6 is 0 Å². The Morgan fingerprint density at radius 2 is 1.65 bits per heavy atom. The van der Waals surface area contributed by atoms with Gasteiger partial charge >= 0.3 is 0 Å². The van der Waals surface area contributed by atoms with Crippen LogP contribution in [0.4, 0.5) is 4.39 Å². The summed E-state index contributed by atoms with van der Waals surface area (Å²) < 4.78 is 14.1. The number of likely N-dealkylation sites (tertiary alicyclic amines) is 2. The lowest BCUT2D eigenvalue weighted by atomic mass is 9.93. The van der Waals surface area contributed by atoms with E-state index >= 15 is 0 Å². The van der Waals surface area contributed by atoms with E-state index in [4.69, 9.17) is 4.98 Å². The molecule has 2 fully saturated rings. The SMILES string of the molecule is O=C(c1ccccc1CN1CCCC1)N1CCC[C@H](c2cccc(Cc3ccccc3F)n2)C1. The Bertz CT molecular complexity index is 1140. The average Bonchev–Trinajstić information content (AvgIpc) is 3.39. The third-order valence-electron chi connectivity index (χ3n) is 7.12. The summed E-state index contributed by atoms with van der Waals surface area (Å²) in [5.74, 6) is 0.128. The molecule has 0 bridgehead atoms. The fourth-order valence-corrected chi connectivity index (χ4v) is 5.28. The summed E-state index contributed by atoms with van der Waals surface area (Å²) in [7, 11) is 0. The smallest absolute Gasteiger partial charge is 0.254 e. The molecule has 0 spiro atoms. The lowest BCUT2D eigenvalue weighted by Gasteiger charge is -2.33. The number of aromatic nitrogens is 1. The van der Waals surface area contributed by atoms with Crippen molar-refractivity contribution in [3.8, 4) is 0 Å². The molecule has 0 radical (unpaired) electrons. The van der Waals surface area contributed by atoms with E-state index in [1.165, 1.54) is 18.9 Å². The van der Waals surface area contributed by atoms with Crippen molar-refractivity contribution in [3.63, 3.8) is 0 Å². The van der Waals surface area contributed by atoms with Gasteiger partial charge in [-0.15, -0.1) is 0 Å². The van der Waals surface area contributed by atoms with Gasteiger partial charge in [0.05, 0.1) is 0 Å². The minimum absolute atomic E-state index is 0.127. The first kappa shape index (κ1) is 22.7. The molecule has 0 saturated carbocycles. The van der Waals surface area contributed by atoms with Crippen molar-refractivity contribution in [3.05, 3.63) is 101 Å². The molecule has 0 unspecified atom stereocenters. The number of rotatable bonds is 6. The van der Waals surface area contributed by atoms with Crippen molar-refractivity contribution in [2.45, 2.75) is 44.6 Å². The number of hydrogen-bond donors (Lipinski definition) is 0. The number of nitrogens with zero attached hydrogens (tertiary/aromatic N) is 3. The second-order valence-corrected chi connectivity index (χ2v) is 9.55. The summed E-state index contributed by atoms with van der Waals surface area (Å²) in [6.45, 7) is 4.53. The van der Waals surface area contributed by atoms with Crippen molar-refractivity contribution in [1.29, 1.82) is 0 Å². The third-order valence-corrected chi connectivity index (χ3v) is 7.12. The number of amides is 1. The molecule has 1 amide bonds. The summed E-state index contributed by atoms with van der Waals surface area (Å²) in [6, 6.07) is 20.9. The molecule has 0 aliphatic carbocycles. The maximum atomic E-state index is 14.1. The van der Waals surface area contributed by atoms with Gasteiger partial charge in [-0.2, -0.15) is 0 Å². The Morgan fingerprint density at radius 1 is 0.882 bits per heavy atom. The van der Waals surface area contributed by atoms with E-state index in [-0.39, 0.29) is 17.6 Å². The Hall–Kier alpha value is -3.05. The Balaban J connectivity index is 1.30. The van der Waals surface area contributed by atoms with Gasteiger partial charge in [-0.05, 0) is 74.2 Å². The molecule has 5 rings (SSSR count). The van der Waals surface area contributed by atoms with Gasteiger partial charge in [-0.25, -0.2) is 4.39 Å². The Kier molecular flexibility index (Phi) is 7.00. The molecule has 34 heavy (non-hydrogen) atoms. The van der Waals surface area contributed by atoms with Gasteiger partial charge in [0.25, 0.3) is 5.91 Å². The van der Waals surface area contributed by atoms with Crippen LogP contribution in [0.2, 0.25) is 0 Å². The van der Waals surface area contributed by atoms with Gasteiger partial charge in [0, 0.05) is 48.9 Å². The molecule has 176 valence electrons. The molecule has 2 aliphatic rings. The van der Waals surface area contributed by atoms with Crippen molar-refractivity contribution in [1.82, 2.24) is 14.8 Å². The first-order valence-corrected chi connectivity index (χ1v) is 12.5. The van der Waals surface area contributed by atoms with E-state index in [0.29, 0.717) is 18.5 Å². The lowest BCUT2D eigenvalue weighted by molar-refractivity contribution is 0.0703. The van der Waals surface area contributed by atoms with E-state index in [1.807, 2.05) is 53.4 Å². The van der Waals surface area contributed by atoms with Gasteiger partial charge in [0.2, 0.25) is 0 Å².